The second-order valence-electron chi connectivity index (χ2n) is 10.3. The first-order valence-electron chi connectivity index (χ1n) is 12.3. The summed E-state index contributed by atoms with van der Waals surface area (Å²) in [5.41, 5.74) is 1.68. The Morgan fingerprint density at radius 2 is 1.74 bits per heavy atom. The van der Waals surface area contributed by atoms with Gasteiger partial charge < -0.3 is 15.0 Å². The van der Waals surface area contributed by atoms with Gasteiger partial charge in [-0.15, -0.1) is 0 Å². The maximum absolute atomic E-state index is 13.4. The number of amides is 2. The van der Waals surface area contributed by atoms with E-state index in [9.17, 15) is 9.59 Å². The molecule has 1 saturated carbocycles. The first-order chi connectivity index (χ1) is 16.6. The zero-order chi connectivity index (χ0) is 25.6. The average Bonchev–Trinajstić information content (AvgIpc) is 2.83. The molecule has 190 valence electrons. The molecule has 1 fully saturated rings. The molecular formula is C28H36Cl2N2O3. The number of nitrogens with zero attached hydrogens (tertiary/aromatic N) is 1. The van der Waals surface area contributed by atoms with Crippen molar-refractivity contribution in [3.63, 3.8) is 0 Å². The van der Waals surface area contributed by atoms with Crippen LogP contribution in [0.25, 0.3) is 0 Å². The summed E-state index contributed by atoms with van der Waals surface area (Å²) >= 11 is 12.3. The lowest BCUT2D eigenvalue weighted by molar-refractivity contribution is -0.142. The van der Waals surface area contributed by atoms with Crippen LogP contribution < -0.4 is 10.1 Å². The molecule has 7 heteroatoms. The van der Waals surface area contributed by atoms with E-state index in [4.69, 9.17) is 27.9 Å². The lowest BCUT2D eigenvalue weighted by atomic mass is 9.86. The maximum atomic E-state index is 13.4. The molecule has 5 nitrogen and oxygen atoms in total. The Bertz CT molecular complexity index is 1030. The number of hydrogen-bond acceptors (Lipinski definition) is 3. The Labute approximate surface area is 219 Å². The van der Waals surface area contributed by atoms with Crippen LogP contribution in [0.4, 0.5) is 0 Å². The fraction of sp³-hybridized carbons (Fsp3) is 0.500. The highest BCUT2D eigenvalue weighted by atomic mass is 35.5. The molecule has 35 heavy (non-hydrogen) atoms. The van der Waals surface area contributed by atoms with Crippen LogP contribution in [0, 0.1) is 0 Å². The van der Waals surface area contributed by atoms with E-state index in [-0.39, 0.29) is 36.4 Å². The van der Waals surface area contributed by atoms with E-state index in [1.54, 1.807) is 24.0 Å². The molecule has 1 aliphatic rings. The van der Waals surface area contributed by atoms with Crippen molar-refractivity contribution in [2.75, 3.05) is 6.61 Å². The van der Waals surface area contributed by atoms with Gasteiger partial charge in [0.2, 0.25) is 5.91 Å². The van der Waals surface area contributed by atoms with Crippen LogP contribution in [0.5, 0.6) is 5.75 Å². The summed E-state index contributed by atoms with van der Waals surface area (Å²) in [6, 6.07) is 12.5. The van der Waals surface area contributed by atoms with E-state index in [0.29, 0.717) is 15.8 Å². The molecule has 1 atom stereocenters. The highest BCUT2D eigenvalue weighted by Crippen LogP contribution is 2.31. The lowest BCUT2D eigenvalue weighted by Gasteiger charge is -2.31. The van der Waals surface area contributed by atoms with Gasteiger partial charge >= 0.3 is 0 Å². The third kappa shape index (κ3) is 7.62. The van der Waals surface area contributed by atoms with E-state index < -0.39 is 6.04 Å². The molecule has 0 saturated heterocycles. The van der Waals surface area contributed by atoms with E-state index in [2.05, 4.69) is 26.1 Å². The highest BCUT2D eigenvalue weighted by Gasteiger charge is 2.29. The van der Waals surface area contributed by atoms with Crippen molar-refractivity contribution >= 4 is 35.0 Å². The zero-order valence-corrected chi connectivity index (χ0v) is 22.6. The molecule has 0 unspecified atom stereocenters. The maximum Gasteiger partial charge on any atom is 0.261 e. The molecule has 0 aromatic heterocycles. The van der Waals surface area contributed by atoms with Crippen molar-refractivity contribution in [2.45, 2.75) is 83.8 Å². The number of benzene rings is 2. The molecule has 0 spiro atoms. The van der Waals surface area contributed by atoms with Crippen LogP contribution in [0.2, 0.25) is 10.0 Å². The predicted octanol–water partition coefficient (Wildman–Crippen LogP) is 6.54. The minimum atomic E-state index is -0.666. The largest absolute Gasteiger partial charge is 0.483 e. The molecule has 2 aromatic rings. The van der Waals surface area contributed by atoms with Gasteiger partial charge in [-0.05, 0) is 54.5 Å². The van der Waals surface area contributed by atoms with Crippen molar-refractivity contribution in [3.05, 3.63) is 63.6 Å². The molecule has 0 bridgehead atoms. The minimum absolute atomic E-state index is 0.132. The average molecular weight is 520 g/mol. The SMILES string of the molecule is C[C@H](C(=O)NC1CCCCC1)N(Cc1ccc(Cl)c(Cl)c1)C(=O)COc1ccccc1C(C)(C)C. The summed E-state index contributed by atoms with van der Waals surface area (Å²) in [6.07, 6.45) is 5.40. The van der Waals surface area contributed by atoms with Gasteiger partial charge in [0, 0.05) is 12.6 Å². The van der Waals surface area contributed by atoms with Crippen molar-refractivity contribution < 1.29 is 14.3 Å². The van der Waals surface area contributed by atoms with Crippen LogP contribution >= 0.6 is 23.2 Å². The van der Waals surface area contributed by atoms with Crippen LogP contribution in [-0.2, 0) is 21.5 Å². The molecule has 2 amide bonds. The third-order valence-corrected chi connectivity index (χ3v) is 7.24. The number of para-hydroxylation sites is 1. The molecule has 0 aliphatic heterocycles. The van der Waals surface area contributed by atoms with Crippen LogP contribution in [-0.4, -0.2) is 35.4 Å². The first kappa shape index (κ1) is 27.3. The summed E-state index contributed by atoms with van der Waals surface area (Å²) in [5, 5.41) is 3.99. The normalized spacial score (nSPS) is 15.4. The van der Waals surface area contributed by atoms with Crippen molar-refractivity contribution in [1.82, 2.24) is 10.2 Å². The lowest BCUT2D eigenvalue weighted by Crippen LogP contribution is -2.51. The van der Waals surface area contributed by atoms with Crippen LogP contribution in [0.15, 0.2) is 42.5 Å². The fourth-order valence-electron chi connectivity index (χ4n) is 4.42. The Morgan fingerprint density at radius 3 is 2.40 bits per heavy atom. The van der Waals surface area contributed by atoms with Gasteiger partial charge in [-0.2, -0.15) is 0 Å². The van der Waals surface area contributed by atoms with E-state index >= 15 is 0 Å². The minimum Gasteiger partial charge on any atom is -0.483 e. The number of nitrogens with one attached hydrogen (secondary N) is 1. The Kier molecular flexibility index (Phi) is 9.48. The molecule has 0 heterocycles. The van der Waals surface area contributed by atoms with Gasteiger partial charge in [-0.25, -0.2) is 0 Å². The van der Waals surface area contributed by atoms with Crippen molar-refractivity contribution in [1.29, 1.82) is 0 Å². The van der Waals surface area contributed by atoms with Gasteiger partial charge in [0.1, 0.15) is 11.8 Å². The number of carbonyl (C=O) groups is 2. The molecule has 1 aliphatic carbocycles. The predicted molar refractivity (Wildman–Crippen MR) is 142 cm³/mol. The smallest absolute Gasteiger partial charge is 0.261 e. The van der Waals surface area contributed by atoms with Gasteiger partial charge in [-0.1, -0.05) is 87.5 Å². The van der Waals surface area contributed by atoms with E-state index in [1.807, 2.05) is 30.3 Å². The second kappa shape index (κ2) is 12.1. The fourth-order valence-corrected chi connectivity index (χ4v) is 4.74. The quantitative estimate of drug-likeness (QED) is 0.431. The summed E-state index contributed by atoms with van der Waals surface area (Å²) in [5.74, 6) is 0.244. The number of rotatable bonds is 8. The second-order valence-corrected chi connectivity index (χ2v) is 11.1. The number of carbonyl (C=O) groups excluding carboxylic acids is 2. The standard InChI is InChI=1S/C28H36Cl2N2O3/c1-19(27(34)31-21-10-6-5-7-11-21)32(17-20-14-15-23(29)24(30)16-20)26(33)18-35-25-13-9-8-12-22(25)28(2,3)4/h8-9,12-16,19,21H,5-7,10-11,17-18H2,1-4H3,(H,31,34)/t19-/m1/s1. The van der Waals surface area contributed by atoms with Gasteiger partial charge in [0.05, 0.1) is 10.0 Å². The van der Waals surface area contributed by atoms with Crippen LogP contribution in [0.1, 0.15) is 70.9 Å². The summed E-state index contributed by atoms with van der Waals surface area (Å²) in [6.45, 7) is 8.12. The molecule has 1 N–H and O–H groups in total. The van der Waals surface area contributed by atoms with Gasteiger partial charge in [0.25, 0.3) is 5.91 Å². The zero-order valence-electron chi connectivity index (χ0n) is 21.1. The Morgan fingerprint density at radius 1 is 1.06 bits per heavy atom. The van der Waals surface area contributed by atoms with Gasteiger partial charge in [-0.3, -0.25) is 9.59 Å². The summed E-state index contributed by atoms with van der Waals surface area (Å²) in [7, 11) is 0. The van der Waals surface area contributed by atoms with E-state index in [1.165, 1.54) is 6.42 Å². The molecular weight excluding hydrogens is 483 g/mol. The highest BCUT2D eigenvalue weighted by molar-refractivity contribution is 6.42. The topological polar surface area (TPSA) is 58.6 Å². The van der Waals surface area contributed by atoms with Gasteiger partial charge in [0.15, 0.2) is 6.61 Å². The Hall–Kier alpha value is -2.24. The molecule has 2 aromatic carbocycles. The Balaban J connectivity index is 1.78. The summed E-state index contributed by atoms with van der Waals surface area (Å²) < 4.78 is 6.00. The number of halogens is 2. The van der Waals surface area contributed by atoms with Crippen molar-refractivity contribution in [2.24, 2.45) is 0 Å². The summed E-state index contributed by atoms with van der Waals surface area (Å²) in [4.78, 5) is 28.1. The monoisotopic (exact) mass is 518 g/mol. The first-order valence-corrected chi connectivity index (χ1v) is 13.1. The van der Waals surface area contributed by atoms with Crippen molar-refractivity contribution in [3.8, 4) is 5.75 Å². The molecule has 3 rings (SSSR count). The molecule has 0 radical (unpaired) electrons. The number of hydrogen-bond donors (Lipinski definition) is 1. The van der Waals surface area contributed by atoms with E-state index in [0.717, 1.165) is 36.8 Å². The third-order valence-electron chi connectivity index (χ3n) is 6.50. The van der Waals surface area contributed by atoms with Crippen LogP contribution in [0.3, 0.4) is 0 Å². The number of ether oxygens (including phenoxy) is 1.